The fourth-order valence-electron chi connectivity index (χ4n) is 2.40. The molecule has 0 aromatic heterocycles. The van der Waals surface area contributed by atoms with Crippen molar-refractivity contribution in [3.8, 4) is 17.2 Å². The molecule has 2 rings (SSSR count). The van der Waals surface area contributed by atoms with Gasteiger partial charge in [-0.15, -0.1) is 0 Å². The van der Waals surface area contributed by atoms with E-state index in [1.807, 2.05) is 13.0 Å². The van der Waals surface area contributed by atoms with Crippen LogP contribution in [0.25, 0.3) is 0 Å². The summed E-state index contributed by atoms with van der Waals surface area (Å²) in [6.07, 6.45) is 0.160. The summed E-state index contributed by atoms with van der Waals surface area (Å²) in [4.78, 5) is 24.0. The zero-order chi connectivity index (χ0) is 19.6. The highest BCUT2D eigenvalue weighted by Gasteiger charge is 2.22. The lowest BCUT2D eigenvalue weighted by atomic mass is 10.1. The molecule has 1 unspecified atom stereocenters. The highest BCUT2D eigenvalue weighted by Crippen LogP contribution is 2.33. The van der Waals surface area contributed by atoms with Crippen LogP contribution >= 0.6 is 0 Å². The molecule has 0 spiro atoms. The first-order valence-electron chi connectivity index (χ1n) is 8.58. The molecule has 27 heavy (non-hydrogen) atoms. The number of rotatable bonds is 10. The highest BCUT2D eigenvalue weighted by atomic mass is 16.5. The second kappa shape index (κ2) is 10.2. The van der Waals surface area contributed by atoms with E-state index in [2.05, 4.69) is 5.32 Å². The summed E-state index contributed by atoms with van der Waals surface area (Å²) in [7, 11) is 1.47. The molecule has 0 aliphatic heterocycles. The number of aliphatic carboxylic acids is 1. The summed E-state index contributed by atoms with van der Waals surface area (Å²) in [5.41, 5.74) is 0.229. The van der Waals surface area contributed by atoms with Crippen LogP contribution in [0, 0.1) is 0 Å². The van der Waals surface area contributed by atoms with Crippen molar-refractivity contribution >= 4 is 11.9 Å². The van der Waals surface area contributed by atoms with Gasteiger partial charge < -0.3 is 24.6 Å². The van der Waals surface area contributed by atoms with Crippen LogP contribution in [-0.2, 0) is 9.53 Å². The molecule has 0 aliphatic carbocycles. The molecule has 2 aromatic carbocycles. The third kappa shape index (κ3) is 5.72. The molecule has 7 heteroatoms. The van der Waals surface area contributed by atoms with Gasteiger partial charge >= 0.3 is 5.97 Å². The van der Waals surface area contributed by atoms with Gasteiger partial charge in [0, 0.05) is 20.1 Å². The van der Waals surface area contributed by atoms with Crippen molar-refractivity contribution < 1.29 is 28.9 Å². The molecule has 0 saturated carbocycles. The number of hydrogen-bond donors (Lipinski definition) is 2. The Morgan fingerprint density at radius 3 is 2.30 bits per heavy atom. The minimum Gasteiger partial charge on any atom is -0.490 e. The number of benzene rings is 2. The lowest BCUT2D eigenvalue weighted by Gasteiger charge is -2.17. The van der Waals surface area contributed by atoms with Crippen LogP contribution in [0.4, 0.5) is 0 Å². The summed E-state index contributed by atoms with van der Waals surface area (Å²) < 4.78 is 16.3. The fraction of sp³-hybridized carbons (Fsp3) is 0.300. The van der Waals surface area contributed by atoms with E-state index in [0.717, 1.165) is 0 Å². The molecule has 7 nitrogen and oxygen atoms in total. The van der Waals surface area contributed by atoms with E-state index < -0.39 is 17.9 Å². The van der Waals surface area contributed by atoms with Crippen LogP contribution in [0.3, 0.4) is 0 Å². The quantitative estimate of drug-likeness (QED) is 0.665. The van der Waals surface area contributed by atoms with E-state index in [1.165, 1.54) is 7.11 Å². The number of carbonyl (C=O) groups is 2. The number of carbonyl (C=O) groups excluding carboxylic acids is 1. The number of carboxylic acid groups (broad SMARTS) is 1. The first-order chi connectivity index (χ1) is 13.1. The molecule has 0 aliphatic rings. The first kappa shape index (κ1) is 20.3. The minimum atomic E-state index is -1.12. The van der Waals surface area contributed by atoms with Gasteiger partial charge in [-0.3, -0.25) is 4.79 Å². The van der Waals surface area contributed by atoms with E-state index >= 15 is 0 Å². The Bertz CT molecular complexity index is 777. The summed E-state index contributed by atoms with van der Waals surface area (Å²) >= 11 is 0. The van der Waals surface area contributed by atoms with Crippen LogP contribution in [0.15, 0.2) is 48.5 Å². The Labute approximate surface area is 157 Å². The van der Waals surface area contributed by atoms with Crippen molar-refractivity contribution in [2.45, 2.75) is 19.4 Å². The number of ether oxygens (including phenoxy) is 3. The maximum absolute atomic E-state index is 12.6. The molecule has 144 valence electrons. The smallest absolute Gasteiger partial charge is 0.326 e. The van der Waals surface area contributed by atoms with Gasteiger partial charge in [-0.05, 0) is 31.2 Å². The maximum Gasteiger partial charge on any atom is 0.326 e. The van der Waals surface area contributed by atoms with Crippen molar-refractivity contribution in [3.63, 3.8) is 0 Å². The van der Waals surface area contributed by atoms with E-state index in [4.69, 9.17) is 14.2 Å². The zero-order valence-corrected chi connectivity index (χ0v) is 15.3. The molecule has 0 saturated heterocycles. The molecular weight excluding hydrogens is 350 g/mol. The second-order valence-electron chi connectivity index (χ2n) is 5.62. The number of nitrogens with one attached hydrogen (secondary N) is 1. The second-order valence-corrected chi connectivity index (χ2v) is 5.62. The van der Waals surface area contributed by atoms with Crippen LogP contribution in [0.5, 0.6) is 17.2 Å². The van der Waals surface area contributed by atoms with Gasteiger partial charge in [-0.1, -0.05) is 24.3 Å². The predicted octanol–water partition coefficient (Wildman–Crippen LogP) is 3.10. The van der Waals surface area contributed by atoms with Crippen molar-refractivity contribution in [2.24, 2.45) is 0 Å². The van der Waals surface area contributed by atoms with E-state index in [0.29, 0.717) is 23.9 Å². The normalized spacial score (nSPS) is 11.5. The molecule has 0 heterocycles. The summed E-state index contributed by atoms with van der Waals surface area (Å²) in [6, 6.07) is 12.7. The highest BCUT2D eigenvalue weighted by molar-refractivity contribution is 5.99. The standard InChI is InChI=1S/C20H23NO6/c1-3-26-17-10-6-7-11-18(17)27-16-9-5-4-8-14(16)19(22)21-15(20(23)24)12-13-25-2/h4-11,15H,3,12-13H2,1-2H3,(H,21,22)(H,23,24). The molecule has 1 atom stereocenters. The largest absolute Gasteiger partial charge is 0.490 e. The van der Waals surface area contributed by atoms with Crippen molar-refractivity contribution in [2.75, 3.05) is 20.3 Å². The third-order valence-corrected chi connectivity index (χ3v) is 3.71. The Hall–Kier alpha value is -3.06. The monoisotopic (exact) mass is 373 g/mol. The van der Waals surface area contributed by atoms with Gasteiger partial charge in [-0.25, -0.2) is 4.79 Å². The van der Waals surface area contributed by atoms with Crippen LogP contribution < -0.4 is 14.8 Å². The van der Waals surface area contributed by atoms with E-state index in [1.54, 1.807) is 42.5 Å². The average Bonchev–Trinajstić information content (AvgIpc) is 2.67. The van der Waals surface area contributed by atoms with Gasteiger partial charge in [-0.2, -0.15) is 0 Å². The molecule has 1 amide bonds. The SMILES string of the molecule is CCOc1ccccc1Oc1ccccc1C(=O)NC(CCOC)C(=O)O. The summed E-state index contributed by atoms with van der Waals surface area (Å²) in [5.74, 6) is -0.339. The lowest BCUT2D eigenvalue weighted by Crippen LogP contribution is -2.41. The van der Waals surface area contributed by atoms with Gasteiger partial charge in [0.25, 0.3) is 5.91 Å². The molecule has 2 N–H and O–H groups in total. The maximum atomic E-state index is 12.6. The number of carboxylic acids is 1. The van der Waals surface area contributed by atoms with Crippen molar-refractivity contribution in [1.29, 1.82) is 0 Å². The molecular formula is C20H23NO6. The summed E-state index contributed by atoms with van der Waals surface area (Å²) in [6.45, 7) is 2.56. The molecule has 0 bridgehead atoms. The molecule has 2 aromatic rings. The fourth-order valence-corrected chi connectivity index (χ4v) is 2.40. The van der Waals surface area contributed by atoms with Crippen LogP contribution in [0.1, 0.15) is 23.7 Å². The topological polar surface area (TPSA) is 94.1 Å². The summed E-state index contributed by atoms with van der Waals surface area (Å²) in [5, 5.41) is 11.8. The number of para-hydroxylation sites is 3. The Kier molecular flexibility index (Phi) is 7.63. The van der Waals surface area contributed by atoms with Crippen LogP contribution in [0.2, 0.25) is 0 Å². The number of methoxy groups -OCH3 is 1. The Balaban J connectivity index is 2.22. The Morgan fingerprint density at radius 1 is 1.04 bits per heavy atom. The number of amides is 1. The van der Waals surface area contributed by atoms with Crippen molar-refractivity contribution in [3.05, 3.63) is 54.1 Å². The van der Waals surface area contributed by atoms with Gasteiger partial charge in [0.2, 0.25) is 0 Å². The lowest BCUT2D eigenvalue weighted by molar-refractivity contribution is -0.139. The van der Waals surface area contributed by atoms with Crippen LogP contribution in [-0.4, -0.2) is 43.3 Å². The van der Waals surface area contributed by atoms with E-state index in [-0.39, 0.29) is 18.6 Å². The van der Waals surface area contributed by atoms with Gasteiger partial charge in [0.05, 0.1) is 12.2 Å². The Morgan fingerprint density at radius 2 is 1.67 bits per heavy atom. The molecule has 0 radical (unpaired) electrons. The molecule has 0 fully saturated rings. The van der Waals surface area contributed by atoms with Crippen molar-refractivity contribution in [1.82, 2.24) is 5.32 Å². The first-order valence-corrected chi connectivity index (χ1v) is 8.58. The van der Waals surface area contributed by atoms with Gasteiger partial charge in [0.1, 0.15) is 11.8 Å². The third-order valence-electron chi connectivity index (χ3n) is 3.71. The zero-order valence-electron chi connectivity index (χ0n) is 15.3. The predicted molar refractivity (Wildman–Crippen MR) is 99.5 cm³/mol. The minimum absolute atomic E-state index is 0.160. The van der Waals surface area contributed by atoms with Gasteiger partial charge in [0.15, 0.2) is 11.5 Å². The average molecular weight is 373 g/mol. The number of hydrogen-bond acceptors (Lipinski definition) is 5. The van der Waals surface area contributed by atoms with E-state index in [9.17, 15) is 14.7 Å².